The number of carbonyl (C=O) groups is 1. The molecule has 0 aromatic heterocycles. The van der Waals surface area contributed by atoms with E-state index in [1.807, 2.05) is 61.5 Å². The SMILES string of the molecule is COc1ccc(C=NNC(=O)C2=C(C)NC(=S)NC2c2ccccc2)cc1. The maximum atomic E-state index is 12.8. The maximum Gasteiger partial charge on any atom is 0.271 e. The summed E-state index contributed by atoms with van der Waals surface area (Å²) in [6.45, 7) is 1.82. The van der Waals surface area contributed by atoms with Gasteiger partial charge in [0.2, 0.25) is 0 Å². The Bertz CT molecular complexity index is 892. The number of ether oxygens (including phenoxy) is 1. The second-order valence-electron chi connectivity index (χ2n) is 5.95. The molecule has 1 heterocycles. The van der Waals surface area contributed by atoms with Gasteiger partial charge in [0.05, 0.1) is 24.9 Å². The van der Waals surface area contributed by atoms with Crippen molar-refractivity contribution in [1.82, 2.24) is 16.1 Å². The minimum Gasteiger partial charge on any atom is -0.497 e. The zero-order valence-corrected chi connectivity index (χ0v) is 15.8. The van der Waals surface area contributed by atoms with Crippen LogP contribution in [0.3, 0.4) is 0 Å². The Morgan fingerprint density at radius 1 is 1.19 bits per heavy atom. The molecule has 6 nitrogen and oxygen atoms in total. The van der Waals surface area contributed by atoms with E-state index in [2.05, 4.69) is 21.2 Å². The molecule has 1 amide bonds. The van der Waals surface area contributed by atoms with Gasteiger partial charge in [-0.2, -0.15) is 5.10 Å². The van der Waals surface area contributed by atoms with Crippen LogP contribution in [0.15, 0.2) is 71.0 Å². The normalized spacial score (nSPS) is 16.7. The van der Waals surface area contributed by atoms with Crippen LogP contribution in [-0.2, 0) is 4.79 Å². The van der Waals surface area contributed by atoms with Crippen LogP contribution >= 0.6 is 12.2 Å². The van der Waals surface area contributed by atoms with Gasteiger partial charge in [-0.3, -0.25) is 4.79 Å². The largest absolute Gasteiger partial charge is 0.497 e. The first-order valence-electron chi connectivity index (χ1n) is 8.39. The van der Waals surface area contributed by atoms with Crippen LogP contribution < -0.4 is 20.8 Å². The molecule has 0 saturated carbocycles. The number of methoxy groups -OCH3 is 1. The third-order valence-electron chi connectivity index (χ3n) is 4.14. The third-order valence-corrected chi connectivity index (χ3v) is 4.36. The molecule has 3 rings (SSSR count). The monoisotopic (exact) mass is 380 g/mol. The standard InChI is InChI=1S/C20H20N4O2S/c1-13-17(18(23-20(27)22-13)15-6-4-3-5-7-15)19(25)24-21-12-14-8-10-16(26-2)11-9-14/h3-12,18H,1-2H3,(H,24,25)(H2,22,23,27). The fourth-order valence-electron chi connectivity index (χ4n) is 2.81. The highest BCUT2D eigenvalue weighted by Crippen LogP contribution is 2.26. The number of thiocarbonyl (C=S) groups is 1. The lowest BCUT2D eigenvalue weighted by molar-refractivity contribution is -0.117. The van der Waals surface area contributed by atoms with E-state index in [0.29, 0.717) is 16.4 Å². The summed E-state index contributed by atoms with van der Waals surface area (Å²) in [5, 5.41) is 10.7. The van der Waals surface area contributed by atoms with E-state index < -0.39 is 0 Å². The van der Waals surface area contributed by atoms with Gasteiger partial charge in [0.1, 0.15) is 5.75 Å². The van der Waals surface area contributed by atoms with Gasteiger partial charge in [-0.25, -0.2) is 5.43 Å². The number of nitrogens with one attached hydrogen (secondary N) is 3. The van der Waals surface area contributed by atoms with E-state index in [1.54, 1.807) is 13.3 Å². The Morgan fingerprint density at radius 3 is 2.56 bits per heavy atom. The van der Waals surface area contributed by atoms with Gasteiger partial charge in [0.15, 0.2) is 5.11 Å². The molecule has 0 aliphatic carbocycles. The highest BCUT2D eigenvalue weighted by molar-refractivity contribution is 7.80. The summed E-state index contributed by atoms with van der Waals surface area (Å²) in [6, 6.07) is 16.7. The van der Waals surface area contributed by atoms with Gasteiger partial charge in [-0.05, 0) is 54.5 Å². The van der Waals surface area contributed by atoms with Crippen molar-refractivity contribution in [3.63, 3.8) is 0 Å². The summed E-state index contributed by atoms with van der Waals surface area (Å²) in [7, 11) is 1.61. The number of amides is 1. The molecule has 27 heavy (non-hydrogen) atoms. The van der Waals surface area contributed by atoms with Crippen molar-refractivity contribution in [2.45, 2.75) is 13.0 Å². The molecule has 0 spiro atoms. The number of allylic oxidation sites excluding steroid dienone is 1. The summed E-state index contributed by atoms with van der Waals surface area (Å²) >= 11 is 5.24. The molecule has 3 N–H and O–H groups in total. The Balaban J connectivity index is 1.77. The summed E-state index contributed by atoms with van der Waals surface area (Å²) < 4.78 is 5.12. The van der Waals surface area contributed by atoms with E-state index in [9.17, 15) is 4.79 Å². The van der Waals surface area contributed by atoms with Crippen molar-refractivity contribution in [1.29, 1.82) is 0 Å². The molecule has 138 valence electrons. The zero-order valence-electron chi connectivity index (χ0n) is 15.0. The molecule has 0 radical (unpaired) electrons. The second kappa shape index (κ2) is 8.46. The summed E-state index contributed by atoms with van der Waals surface area (Å²) in [6.07, 6.45) is 1.58. The van der Waals surface area contributed by atoms with Crippen molar-refractivity contribution in [2.75, 3.05) is 7.11 Å². The quantitative estimate of drug-likeness (QED) is 0.422. The number of hydrogen-bond donors (Lipinski definition) is 3. The van der Waals surface area contributed by atoms with E-state index in [4.69, 9.17) is 17.0 Å². The number of hydrogen-bond acceptors (Lipinski definition) is 4. The highest BCUT2D eigenvalue weighted by atomic mass is 32.1. The molecule has 1 unspecified atom stereocenters. The van der Waals surface area contributed by atoms with Crippen LogP contribution in [0.25, 0.3) is 0 Å². The number of hydrazone groups is 1. The van der Waals surface area contributed by atoms with Crippen LogP contribution in [0.4, 0.5) is 0 Å². The number of benzene rings is 2. The molecule has 2 aromatic carbocycles. The molecular formula is C20H20N4O2S. The van der Waals surface area contributed by atoms with Crippen LogP contribution in [0.5, 0.6) is 5.75 Å². The molecule has 7 heteroatoms. The van der Waals surface area contributed by atoms with E-state index in [-0.39, 0.29) is 11.9 Å². The molecular weight excluding hydrogens is 360 g/mol. The topological polar surface area (TPSA) is 74.8 Å². The average molecular weight is 380 g/mol. The first kappa shape index (κ1) is 18.6. The minimum absolute atomic E-state index is 0.298. The van der Waals surface area contributed by atoms with Gasteiger partial charge < -0.3 is 15.4 Å². The summed E-state index contributed by atoms with van der Waals surface area (Å²) in [5.74, 6) is 0.464. The highest BCUT2D eigenvalue weighted by Gasteiger charge is 2.29. The van der Waals surface area contributed by atoms with Crippen molar-refractivity contribution in [3.05, 3.63) is 77.0 Å². The Kier molecular flexibility index (Phi) is 5.83. The smallest absolute Gasteiger partial charge is 0.271 e. The van der Waals surface area contributed by atoms with Crippen LogP contribution in [0.1, 0.15) is 24.1 Å². The Labute approximate surface area is 163 Å². The predicted molar refractivity (Wildman–Crippen MR) is 109 cm³/mol. The van der Waals surface area contributed by atoms with Crippen molar-refractivity contribution < 1.29 is 9.53 Å². The van der Waals surface area contributed by atoms with Gasteiger partial charge in [0, 0.05) is 5.70 Å². The number of rotatable bonds is 5. The van der Waals surface area contributed by atoms with E-state index >= 15 is 0 Å². The Morgan fingerprint density at radius 2 is 1.89 bits per heavy atom. The first-order chi connectivity index (χ1) is 13.1. The number of nitrogens with zero attached hydrogens (tertiary/aromatic N) is 1. The average Bonchev–Trinajstić information content (AvgIpc) is 2.68. The molecule has 0 bridgehead atoms. The van der Waals surface area contributed by atoms with Crippen molar-refractivity contribution in [2.24, 2.45) is 5.10 Å². The molecule has 1 aliphatic heterocycles. The minimum atomic E-state index is -0.337. The summed E-state index contributed by atoms with van der Waals surface area (Å²) in [4.78, 5) is 12.8. The van der Waals surface area contributed by atoms with E-state index in [0.717, 1.165) is 16.9 Å². The zero-order chi connectivity index (χ0) is 19.2. The predicted octanol–water partition coefficient (Wildman–Crippen LogP) is 2.64. The second-order valence-corrected chi connectivity index (χ2v) is 6.36. The summed E-state index contributed by atoms with van der Waals surface area (Å²) in [5.41, 5.74) is 5.63. The molecule has 2 aromatic rings. The van der Waals surface area contributed by atoms with Gasteiger partial charge in [-0.1, -0.05) is 30.3 Å². The lowest BCUT2D eigenvalue weighted by Crippen LogP contribution is -2.46. The van der Waals surface area contributed by atoms with E-state index in [1.165, 1.54) is 0 Å². The maximum absolute atomic E-state index is 12.8. The molecule has 0 fully saturated rings. The first-order valence-corrected chi connectivity index (χ1v) is 8.80. The van der Waals surface area contributed by atoms with Crippen molar-refractivity contribution in [3.8, 4) is 5.75 Å². The Hall–Kier alpha value is -3.19. The van der Waals surface area contributed by atoms with Crippen LogP contribution in [0, 0.1) is 0 Å². The third kappa shape index (κ3) is 4.51. The number of carbonyl (C=O) groups excluding carboxylic acids is 1. The molecule has 1 aliphatic rings. The molecule has 1 atom stereocenters. The fourth-order valence-corrected chi connectivity index (χ4v) is 3.08. The lowest BCUT2D eigenvalue weighted by atomic mass is 9.95. The fraction of sp³-hybridized carbons (Fsp3) is 0.150. The lowest BCUT2D eigenvalue weighted by Gasteiger charge is -2.29. The van der Waals surface area contributed by atoms with Gasteiger partial charge in [-0.15, -0.1) is 0 Å². The van der Waals surface area contributed by atoms with Gasteiger partial charge in [0.25, 0.3) is 5.91 Å². The van der Waals surface area contributed by atoms with Gasteiger partial charge >= 0.3 is 0 Å². The van der Waals surface area contributed by atoms with Crippen molar-refractivity contribution >= 4 is 29.5 Å². The molecule has 0 saturated heterocycles. The van der Waals surface area contributed by atoms with Crippen LogP contribution in [-0.4, -0.2) is 24.3 Å². The van der Waals surface area contributed by atoms with Crippen LogP contribution in [0.2, 0.25) is 0 Å².